The number of carbonyl (C=O) groups is 1. The molecule has 0 heterocycles. The van der Waals surface area contributed by atoms with Gasteiger partial charge in [0.15, 0.2) is 0 Å². The van der Waals surface area contributed by atoms with Crippen molar-refractivity contribution in [3.8, 4) is 0 Å². The first-order valence-electron chi connectivity index (χ1n) is 5.89. The normalized spacial score (nSPS) is 11.9. The van der Waals surface area contributed by atoms with Gasteiger partial charge in [-0.3, -0.25) is 14.9 Å². The summed E-state index contributed by atoms with van der Waals surface area (Å²) >= 11 is 0. The number of nitro benzene ring substituents is 1. The fourth-order valence-corrected chi connectivity index (χ4v) is 1.54. The maximum atomic E-state index is 13.1. The molecule has 0 spiro atoms. The summed E-state index contributed by atoms with van der Waals surface area (Å²) in [6.07, 6.45) is 1.62. The van der Waals surface area contributed by atoms with E-state index in [0.717, 1.165) is 18.6 Å². The van der Waals surface area contributed by atoms with Crippen molar-refractivity contribution in [3.05, 3.63) is 34.1 Å². The highest BCUT2D eigenvalue weighted by Crippen LogP contribution is 2.21. The minimum Gasteiger partial charge on any atom is -0.328 e. The summed E-state index contributed by atoms with van der Waals surface area (Å²) in [5, 5.41) is 13.0. The Morgan fingerprint density at radius 2 is 2.26 bits per heavy atom. The average Bonchev–Trinajstić information content (AvgIpc) is 2.30. The Morgan fingerprint density at radius 3 is 2.84 bits per heavy atom. The molecular weight excluding hydrogens is 253 g/mol. The van der Waals surface area contributed by atoms with E-state index in [2.05, 4.69) is 5.32 Å². The molecule has 3 N–H and O–H groups in total. The molecule has 104 valence electrons. The van der Waals surface area contributed by atoms with Crippen LogP contribution in [0.2, 0.25) is 0 Å². The largest absolute Gasteiger partial charge is 0.328 e. The van der Waals surface area contributed by atoms with Crippen LogP contribution in [0.4, 0.5) is 15.8 Å². The van der Waals surface area contributed by atoms with Crippen molar-refractivity contribution in [2.45, 2.75) is 32.2 Å². The number of anilines is 1. The molecule has 0 radical (unpaired) electrons. The molecule has 1 unspecified atom stereocenters. The highest BCUT2D eigenvalue weighted by atomic mass is 19.1. The number of nitrogens with two attached hydrogens (primary N) is 1. The first-order valence-corrected chi connectivity index (χ1v) is 5.89. The highest BCUT2D eigenvalue weighted by molar-refractivity contribution is 5.90. The Bertz CT molecular complexity index is 477. The Balaban J connectivity index is 2.60. The predicted octanol–water partition coefficient (Wildman–Crippen LogP) is 2.19. The maximum absolute atomic E-state index is 13.1. The molecule has 1 atom stereocenters. The lowest BCUT2D eigenvalue weighted by Crippen LogP contribution is -2.16. The fourth-order valence-electron chi connectivity index (χ4n) is 1.54. The topological polar surface area (TPSA) is 98.3 Å². The van der Waals surface area contributed by atoms with Gasteiger partial charge in [-0.15, -0.1) is 0 Å². The number of benzene rings is 1. The zero-order valence-electron chi connectivity index (χ0n) is 10.6. The Hall–Kier alpha value is -2.02. The quantitative estimate of drug-likeness (QED) is 0.610. The summed E-state index contributed by atoms with van der Waals surface area (Å²) in [7, 11) is 0. The van der Waals surface area contributed by atoms with Gasteiger partial charge in [0.2, 0.25) is 11.7 Å². The predicted molar refractivity (Wildman–Crippen MR) is 69.2 cm³/mol. The molecule has 7 heteroatoms. The molecule has 1 aromatic rings. The molecule has 0 fully saturated rings. The standard InChI is InChI=1S/C12H16FN3O3/c1-8(14)3-2-4-12(17)15-9-5-6-10(13)11(7-9)16(18)19/h5-8H,2-4,14H2,1H3,(H,15,17). The van der Waals surface area contributed by atoms with Crippen LogP contribution in [0.1, 0.15) is 26.2 Å². The van der Waals surface area contributed by atoms with E-state index in [4.69, 9.17) is 5.73 Å². The van der Waals surface area contributed by atoms with Crippen LogP contribution in [-0.4, -0.2) is 16.9 Å². The first-order chi connectivity index (χ1) is 8.90. The van der Waals surface area contributed by atoms with Gasteiger partial charge in [-0.2, -0.15) is 4.39 Å². The highest BCUT2D eigenvalue weighted by Gasteiger charge is 2.15. The van der Waals surface area contributed by atoms with Crippen LogP contribution in [0.3, 0.4) is 0 Å². The minimum absolute atomic E-state index is 0.0275. The Labute approximate surface area is 109 Å². The van der Waals surface area contributed by atoms with Crippen LogP contribution < -0.4 is 11.1 Å². The van der Waals surface area contributed by atoms with Gasteiger partial charge in [0.25, 0.3) is 0 Å². The van der Waals surface area contributed by atoms with E-state index in [1.807, 2.05) is 6.92 Å². The molecular formula is C12H16FN3O3. The van der Waals surface area contributed by atoms with Crippen molar-refractivity contribution >= 4 is 17.3 Å². The lowest BCUT2D eigenvalue weighted by atomic mass is 10.1. The summed E-state index contributed by atoms with van der Waals surface area (Å²) in [5.74, 6) is -1.21. The minimum atomic E-state index is -0.931. The van der Waals surface area contributed by atoms with E-state index in [1.54, 1.807) is 0 Å². The van der Waals surface area contributed by atoms with Crippen LogP contribution in [0, 0.1) is 15.9 Å². The van der Waals surface area contributed by atoms with Crippen molar-refractivity contribution in [1.82, 2.24) is 0 Å². The Kier molecular flexibility index (Phi) is 5.37. The molecule has 1 amide bonds. The van der Waals surface area contributed by atoms with Gasteiger partial charge in [0.1, 0.15) is 0 Å². The molecule has 0 saturated carbocycles. The van der Waals surface area contributed by atoms with Crippen LogP contribution in [-0.2, 0) is 4.79 Å². The van der Waals surface area contributed by atoms with Crippen molar-refractivity contribution in [1.29, 1.82) is 0 Å². The molecule has 1 aromatic carbocycles. The van der Waals surface area contributed by atoms with Gasteiger partial charge in [-0.25, -0.2) is 0 Å². The van der Waals surface area contributed by atoms with Gasteiger partial charge < -0.3 is 11.1 Å². The molecule has 0 aliphatic rings. The van der Waals surface area contributed by atoms with Gasteiger partial charge in [0, 0.05) is 24.2 Å². The van der Waals surface area contributed by atoms with E-state index in [-0.39, 0.29) is 24.1 Å². The molecule has 0 saturated heterocycles. The number of halogens is 1. The number of nitrogens with zero attached hydrogens (tertiary/aromatic N) is 1. The van der Waals surface area contributed by atoms with Crippen LogP contribution in [0.5, 0.6) is 0 Å². The summed E-state index contributed by atoms with van der Waals surface area (Å²) in [6, 6.07) is 3.26. The van der Waals surface area contributed by atoms with E-state index in [9.17, 15) is 19.3 Å². The SMILES string of the molecule is CC(N)CCCC(=O)Nc1ccc(F)c([N+](=O)[O-])c1. The smallest absolute Gasteiger partial charge is 0.306 e. The van der Waals surface area contributed by atoms with E-state index in [0.29, 0.717) is 6.42 Å². The average molecular weight is 269 g/mol. The number of hydrogen-bond donors (Lipinski definition) is 2. The third-order valence-corrected chi connectivity index (χ3v) is 2.49. The second kappa shape index (κ2) is 6.79. The molecule has 19 heavy (non-hydrogen) atoms. The second-order valence-electron chi connectivity index (χ2n) is 4.34. The molecule has 1 rings (SSSR count). The molecule has 0 aromatic heterocycles. The van der Waals surface area contributed by atoms with Crippen molar-refractivity contribution in [3.63, 3.8) is 0 Å². The summed E-state index contributed by atoms with van der Waals surface area (Å²) in [6.45, 7) is 1.85. The Morgan fingerprint density at radius 1 is 1.58 bits per heavy atom. The molecule has 6 nitrogen and oxygen atoms in total. The summed E-state index contributed by atoms with van der Waals surface area (Å²) < 4.78 is 13.1. The maximum Gasteiger partial charge on any atom is 0.306 e. The van der Waals surface area contributed by atoms with Gasteiger partial charge in [0.05, 0.1) is 4.92 Å². The number of nitro groups is 1. The molecule has 0 aliphatic carbocycles. The van der Waals surface area contributed by atoms with Crippen molar-refractivity contribution in [2.24, 2.45) is 5.73 Å². The molecule has 0 aliphatic heterocycles. The van der Waals surface area contributed by atoms with Gasteiger partial charge in [-0.1, -0.05) is 0 Å². The van der Waals surface area contributed by atoms with E-state index >= 15 is 0 Å². The number of nitrogens with one attached hydrogen (secondary N) is 1. The van der Waals surface area contributed by atoms with Crippen LogP contribution >= 0.6 is 0 Å². The summed E-state index contributed by atoms with van der Waals surface area (Å²) in [5.41, 5.74) is 5.10. The zero-order chi connectivity index (χ0) is 14.4. The number of amides is 1. The lowest BCUT2D eigenvalue weighted by Gasteiger charge is -2.06. The molecule has 0 bridgehead atoms. The fraction of sp³-hybridized carbons (Fsp3) is 0.417. The van der Waals surface area contributed by atoms with Crippen molar-refractivity contribution < 1.29 is 14.1 Å². The van der Waals surface area contributed by atoms with Crippen LogP contribution in [0.25, 0.3) is 0 Å². The van der Waals surface area contributed by atoms with Gasteiger partial charge in [-0.05, 0) is 31.9 Å². The summed E-state index contributed by atoms with van der Waals surface area (Å²) in [4.78, 5) is 21.3. The second-order valence-corrected chi connectivity index (χ2v) is 4.34. The van der Waals surface area contributed by atoms with Crippen molar-refractivity contribution in [2.75, 3.05) is 5.32 Å². The first kappa shape index (κ1) is 15.0. The van der Waals surface area contributed by atoms with E-state index in [1.165, 1.54) is 6.07 Å². The third kappa shape index (κ3) is 5.01. The lowest BCUT2D eigenvalue weighted by molar-refractivity contribution is -0.387. The van der Waals surface area contributed by atoms with E-state index < -0.39 is 16.4 Å². The number of carbonyl (C=O) groups excluding carboxylic acids is 1. The van der Waals surface area contributed by atoms with Crippen LogP contribution in [0.15, 0.2) is 18.2 Å². The number of rotatable bonds is 6. The monoisotopic (exact) mass is 269 g/mol. The van der Waals surface area contributed by atoms with Gasteiger partial charge >= 0.3 is 5.69 Å². The number of hydrogen-bond acceptors (Lipinski definition) is 4. The third-order valence-electron chi connectivity index (χ3n) is 2.49. The zero-order valence-corrected chi connectivity index (χ0v) is 10.6.